The molecule has 0 aliphatic carbocycles. The van der Waals surface area contributed by atoms with Crippen LogP contribution in [0.4, 0.5) is 0 Å². The third-order valence-electron chi connectivity index (χ3n) is 6.75. The van der Waals surface area contributed by atoms with Gasteiger partial charge in [0, 0.05) is 0 Å². The van der Waals surface area contributed by atoms with Crippen molar-refractivity contribution in [2.24, 2.45) is 0 Å². The molecule has 0 N–H and O–H groups in total. The Bertz CT molecular complexity index is 1080. The maximum absolute atomic E-state index is 7.30. The zero-order valence-electron chi connectivity index (χ0n) is 21.2. The SMILES string of the molecule is C[Si]1(c2ccccc2)O[Si](C)(c2ccccc2)O[Si](C)(c2ccccc2)O[Si](C)(c2ccccc2)O1. The van der Waals surface area contributed by atoms with Gasteiger partial charge in [-0.25, -0.2) is 0 Å². The molecule has 0 aromatic heterocycles. The minimum absolute atomic E-state index is 1.08. The fourth-order valence-corrected chi connectivity index (χ4v) is 26.0. The molecule has 184 valence electrons. The number of rotatable bonds is 4. The first-order valence-electron chi connectivity index (χ1n) is 12.3. The van der Waals surface area contributed by atoms with Crippen LogP contribution in [0.1, 0.15) is 0 Å². The lowest BCUT2D eigenvalue weighted by atomic mass is 10.4. The van der Waals surface area contributed by atoms with E-state index in [1.807, 2.05) is 72.8 Å². The fraction of sp³-hybridized carbons (Fsp3) is 0.143. The minimum Gasteiger partial charge on any atom is -0.409 e. The molecule has 1 aliphatic heterocycles. The van der Waals surface area contributed by atoms with Gasteiger partial charge in [0.05, 0.1) is 0 Å². The number of benzene rings is 4. The predicted molar refractivity (Wildman–Crippen MR) is 155 cm³/mol. The van der Waals surface area contributed by atoms with Gasteiger partial charge in [0.15, 0.2) is 0 Å². The smallest absolute Gasteiger partial charge is 0.352 e. The second-order valence-electron chi connectivity index (χ2n) is 9.66. The summed E-state index contributed by atoms with van der Waals surface area (Å²) in [6.07, 6.45) is 0. The Morgan fingerprint density at radius 2 is 0.472 bits per heavy atom. The Labute approximate surface area is 218 Å². The van der Waals surface area contributed by atoms with Gasteiger partial charge < -0.3 is 16.5 Å². The highest BCUT2D eigenvalue weighted by Gasteiger charge is 2.59. The highest BCUT2D eigenvalue weighted by atomic mass is 28.5. The Morgan fingerprint density at radius 3 is 0.639 bits per heavy atom. The van der Waals surface area contributed by atoms with Crippen LogP contribution in [0, 0.1) is 0 Å². The molecule has 36 heavy (non-hydrogen) atoms. The van der Waals surface area contributed by atoms with Gasteiger partial charge in [-0.15, -0.1) is 0 Å². The summed E-state index contributed by atoms with van der Waals surface area (Å²) < 4.78 is 29.2. The van der Waals surface area contributed by atoms with Crippen LogP contribution >= 0.6 is 0 Å². The van der Waals surface area contributed by atoms with Crippen molar-refractivity contribution in [1.29, 1.82) is 0 Å². The molecule has 4 aromatic rings. The van der Waals surface area contributed by atoms with Gasteiger partial charge in [0.2, 0.25) is 0 Å². The highest BCUT2D eigenvalue weighted by Crippen LogP contribution is 2.31. The Kier molecular flexibility index (Phi) is 6.88. The van der Waals surface area contributed by atoms with E-state index in [-0.39, 0.29) is 0 Å². The van der Waals surface area contributed by atoms with Gasteiger partial charge in [-0.1, -0.05) is 121 Å². The largest absolute Gasteiger partial charge is 0.409 e. The maximum atomic E-state index is 7.30. The molecule has 1 saturated heterocycles. The van der Waals surface area contributed by atoms with Crippen molar-refractivity contribution in [2.75, 3.05) is 0 Å². The molecule has 0 saturated carbocycles. The van der Waals surface area contributed by atoms with E-state index in [0.717, 1.165) is 20.7 Å². The van der Waals surface area contributed by atoms with E-state index in [0.29, 0.717) is 0 Å². The van der Waals surface area contributed by atoms with E-state index in [1.165, 1.54) is 0 Å². The van der Waals surface area contributed by atoms with Crippen LogP contribution in [-0.4, -0.2) is 34.2 Å². The van der Waals surface area contributed by atoms with E-state index in [4.69, 9.17) is 16.5 Å². The van der Waals surface area contributed by atoms with Crippen molar-refractivity contribution < 1.29 is 16.5 Å². The van der Waals surface area contributed by atoms with Gasteiger partial charge in [0.25, 0.3) is 0 Å². The molecule has 0 amide bonds. The van der Waals surface area contributed by atoms with Crippen LogP contribution in [0.25, 0.3) is 0 Å². The summed E-state index contributed by atoms with van der Waals surface area (Å²) in [4.78, 5) is 0. The predicted octanol–water partition coefficient (Wildman–Crippen LogP) is 3.98. The van der Waals surface area contributed by atoms with E-state index in [1.54, 1.807) is 0 Å². The first kappa shape index (κ1) is 25.2. The average molecular weight is 545 g/mol. The molecule has 1 fully saturated rings. The first-order chi connectivity index (χ1) is 17.2. The monoisotopic (exact) mass is 544 g/mol. The molecular formula is C28H32O4Si4. The van der Waals surface area contributed by atoms with Gasteiger partial charge in [-0.3, -0.25) is 0 Å². The maximum Gasteiger partial charge on any atom is 0.352 e. The van der Waals surface area contributed by atoms with E-state index < -0.39 is 34.2 Å². The fourth-order valence-electron chi connectivity index (χ4n) is 5.00. The van der Waals surface area contributed by atoms with Crippen LogP contribution < -0.4 is 20.7 Å². The standard InChI is InChI=1S/C28H32O4Si4/c1-33(25-17-9-5-10-18-25)29-34(2,26-19-11-6-12-20-26)31-36(4,28-23-15-8-16-24-28)32-35(3,30-33)27-21-13-7-14-22-27/h5-24H,1-4H3. The topological polar surface area (TPSA) is 36.9 Å². The van der Waals surface area contributed by atoms with Crippen LogP contribution in [-0.2, 0) is 16.5 Å². The highest BCUT2D eigenvalue weighted by molar-refractivity contribution is 7.05. The molecule has 8 heteroatoms. The van der Waals surface area contributed by atoms with E-state index in [2.05, 4.69) is 74.7 Å². The average Bonchev–Trinajstić information content (AvgIpc) is 2.90. The first-order valence-corrected chi connectivity index (χ1v) is 21.5. The van der Waals surface area contributed by atoms with Gasteiger partial charge in [-0.2, -0.15) is 0 Å². The molecule has 4 aromatic carbocycles. The van der Waals surface area contributed by atoms with Crippen molar-refractivity contribution in [2.45, 2.75) is 26.2 Å². The summed E-state index contributed by atoms with van der Waals surface area (Å²) >= 11 is 0. The summed E-state index contributed by atoms with van der Waals surface area (Å²) in [6.45, 7) is 8.57. The molecule has 5 rings (SSSR count). The molecule has 1 heterocycles. The normalized spacial score (nSPS) is 30.8. The quantitative estimate of drug-likeness (QED) is 0.364. The van der Waals surface area contributed by atoms with Crippen LogP contribution in [0.3, 0.4) is 0 Å². The van der Waals surface area contributed by atoms with Crippen molar-refractivity contribution >= 4 is 55.0 Å². The van der Waals surface area contributed by atoms with Gasteiger partial charge in [-0.05, 0) is 46.9 Å². The molecule has 4 nitrogen and oxygen atoms in total. The van der Waals surface area contributed by atoms with Crippen LogP contribution in [0.5, 0.6) is 0 Å². The Hall–Kier alpha value is -2.41. The molecule has 1 aliphatic rings. The molecular weight excluding hydrogens is 513 g/mol. The molecule has 0 unspecified atom stereocenters. The number of hydrogen-bond donors (Lipinski definition) is 0. The lowest BCUT2D eigenvalue weighted by Gasteiger charge is -2.50. The second-order valence-corrected chi connectivity index (χ2v) is 22.8. The zero-order chi connectivity index (χ0) is 25.3. The Balaban J connectivity index is 1.73. The van der Waals surface area contributed by atoms with Crippen molar-refractivity contribution in [1.82, 2.24) is 0 Å². The summed E-state index contributed by atoms with van der Waals surface area (Å²) in [6, 6.07) is 41.4. The van der Waals surface area contributed by atoms with E-state index in [9.17, 15) is 0 Å². The van der Waals surface area contributed by atoms with Crippen molar-refractivity contribution in [3.63, 3.8) is 0 Å². The third kappa shape index (κ3) is 4.91. The van der Waals surface area contributed by atoms with Gasteiger partial charge in [0.1, 0.15) is 0 Å². The second kappa shape index (κ2) is 9.80. The lowest BCUT2D eigenvalue weighted by Crippen LogP contribution is -2.77. The third-order valence-corrected chi connectivity index (χ3v) is 24.7. The van der Waals surface area contributed by atoms with Crippen LogP contribution in [0.2, 0.25) is 26.2 Å². The molecule has 0 radical (unpaired) electrons. The van der Waals surface area contributed by atoms with Crippen molar-refractivity contribution in [3.05, 3.63) is 121 Å². The van der Waals surface area contributed by atoms with Crippen molar-refractivity contribution in [3.8, 4) is 0 Å². The summed E-state index contributed by atoms with van der Waals surface area (Å²) in [5, 5.41) is 4.30. The van der Waals surface area contributed by atoms with E-state index >= 15 is 0 Å². The summed E-state index contributed by atoms with van der Waals surface area (Å²) in [7, 11) is -12.0. The zero-order valence-corrected chi connectivity index (χ0v) is 25.2. The molecule has 0 atom stereocenters. The summed E-state index contributed by atoms with van der Waals surface area (Å²) in [5.74, 6) is 0. The number of hydrogen-bond acceptors (Lipinski definition) is 4. The minimum atomic E-state index is -3.00. The Morgan fingerprint density at radius 1 is 0.306 bits per heavy atom. The lowest BCUT2D eigenvalue weighted by molar-refractivity contribution is 0.253. The van der Waals surface area contributed by atoms with Crippen LogP contribution in [0.15, 0.2) is 121 Å². The molecule has 0 bridgehead atoms. The summed E-state index contributed by atoms with van der Waals surface area (Å²) in [5.41, 5.74) is 0. The van der Waals surface area contributed by atoms with Gasteiger partial charge >= 0.3 is 34.2 Å². The molecule has 0 spiro atoms.